The van der Waals surface area contributed by atoms with Crippen LogP contribution in [0.1, 0.15) is 5.69 Å². The van der Waals surface area contributed by atoms with Crippen molar-refractivity contribution >= 4 is 29.1 Å². The van der Waals surface area contributed by atoms with Crippen LogP contribution in [0.25, 0.3) is 0 Å². The Labute approximate surface area is 109 Å². The lowest BCUT2D eigenvalue weighted by Gasteiger charge is -2.04. The fraction of sp³-hybridized carbons (Fsp3) is 0.182. The summed E-state index contributed by atoms with van der Waals surface area (Å²) < 4.78 is 0. The summed E-state index contributed by atoms with van der Waals surface area (Å²) in [7, 11) is 1.87. The fourth-order valence-corrected chi connectivity index (χ4v) is 2.15. The highest BCUT2D eigenvalue weighted by Crippen LogP contribution is 2.21. The Morgan fingerprint density at radius 3 is 2.61 bits per heavy atom. The van der Waals surface area contributed by atoms with E-state index < -0.39 is 0 Å². The Balaban J connectivity index is 2.06. The Hall–Kier alpha value is -2.02. The van der Waals surface area contributed by atoms with E-state index in [0.29, 0.717) is 22.5 Å². The smallest absolute Gasteiger partial charge is 0.191 e. The summed E-state index contributed by atoms with van der Waals surface area (Å²) in [6.45, 7) is 0. The van der Waals surface area contributed by atoms with Gasteiger partial charge in [0.05, 0.1) is 5.69 Å². The van der Waals surface area contributed by atoms with Gasteiger partial charge in [-0.15, -0.1) is 0 Å². The van der Waals surface area contributed by atoms with Crippen LogP contribution in [-0.4, -0.2) is 22.0 Å². The highest BCUT2D eigenvalue weighted by Gasteiger charge is 2.03. The first-order valence-corrected chi connectivity index (χ1v) is 6.31. The molecule has 0 spiro atoms. The Morgan fingerprint density at radius 1 is 1.22 bits per heavy atom. The van der Waals surface area contributed by atoms with Crippen LogP contribution in [0, 0.1) is 0 Å². The molecule has 0 aliphatic heterocycles. The van der Waals surface area contributed by atoms with E-state index in [4.69, 9.17) is 11.5 Å². The Morgan fingerprint density at radius 2 is 1.94 bits per heavy atom. The maximum Gasteiger partial charge on any atom is 0.191 e. The number of rotatable bonds is 4. The van der Waals surface area contributed by atoms with Crippen molar-refractivity contribution in [1.29, 1.82) is 0 Å². The maximum absolute atomic E-state index is 5.60. The van der Waals surface area contributed by atoms with Gasteiger partial charge in [0.1, 0.15) is 11.6 Å². The number of nitrogens with zero attached hydrogens (tertiary/aromatic N) is 3. The van der Waals surface area contributed by atoms with Gasteiger partial charge in [-0.05, 0) is 12.1 Å². The van der Waals surface area contributed by atoms with E-state index in [9.17, 15) is 0 Å². The molecule has 0 fully saturated rings. The van der Waals surface area contributed by atoms with Crippen LogP contribution in [0.2, 0.25) is 0 Å². The molecule has 18 heavy (non-hydrogen) atoms. The topological polar surface area (TPSA) is 103 Å². The van der Waals surface area contributed by atoms with Crippen molar-refractivity contribution in [2.75, 3.05) is 23.8 Å². The van der Waals surface area contributed by atoms with Crippen molar-refractivity contribution in [3.63, 3.8) is 0 Å². The molecule has 2 aromatic rings. The Bertz CT molecular complexity index is 525. The standard InChI is InChI=1S/C11H14N6S/c1-14-7-2-3-15-8(4-7)6-18-11-16-9(12)5-10(13)17-11/h2-5H,6H2,1H3,(H,14,15)(H4,12,13,16,17). The molecule has 6 nitrogen and oxygen atoms in total. The predicted octanol–water partition coefficient (Wildman–Crippen LogP) is 1.37. The van der Waals surface area contributed by atoms with Gasteiger partial charge < -0.3 is 16.8 Å². The van der Waals surface area contributed by atoms with Gasteiger partial charge in [-0.2, -0.15) is 0 Å². The molecule has 2 rings (SSSR count). The fourth-order valence-electron chi connectivity index (χ4n) is 1.38. The minimum absolute atomic E-state index is 0.377. The number of hydrogen-bond acceptors (Lipinski definition) is 7. The molecule has 0 atom stereocenters. The zero-order valence-corrected chi connectivity index (χ0v) is 10.7. The van der Waals surface area contributed by atoms with Crippen molar-refractivity contribution in [3.8, 4) is 0 Å². The van der Waals surface area contributed by atoms with Gasteiger partial charge in [-0.1, -0.05) is 11.8 Å². The lowest BCUT2D eigenvalue weighted by atomic mass is 10.3. The molecule has 0 aliphatic rings. The summed E-state index contributed by atoms with van der Waals surface area (Å²) >= 11 is 1.45. The van der Waals surface area contributed by atoms with Crippen molar-refractivity contribution in [2.45, 2.75) is 10.9 Å². The minimum atomic E-state index is 0.377. The number of nitrogen functional groups attached to an aromatic ring is 2. The number of hydrogen-bond donors (Lipinski definition) is 3. The van der Waals surface area contributed by atoms with Gasteiger partial charge in [0, 0.05) is 30.8 Å². The van der Waals surface area contributed by atoms with Crippen LogP contribution in [0.15, 0.2) is 29.6 Å². The zero-order chi connectivity index (χ0) is 13.0. The first-order valence-electron chi connectivity index (χ1n) is 5.33. The number of aromatic nitrogens is 3. The molecule has 0 amide bonds. The van der Waals surface area contributed by atoms with Gasteiger partial charge in [0.15, 0.2) is 5.16 Å². The first kappa shape index (κ1) is 12.4. The quantitative estimate of drug-likeness (QED) is 0.564. The third-order valence-electron chi connectivity index (χ3n) is 2.20. The van der Waals surface area contributed by atoms with Crippen molar-refractivity contribution in [1.82, 2.24) is 15.0 Å². The molecule has 0 aromatic carbocycles. The molecular weight excluding hydrogens is 248 g/mol. The summed E-state index contributed by atoms with van der Waals surface area (Å²) in [5, 5.41) is 3.62. The molecule has 0 saturated heterocycles. The molecule has 0 aliphatic carbocycles. The third-order valence-corrected chi connectivity index (χ3v) is 3.08. The Kier molecular flexibility index (Phi) is 3.83. The van der Waals surface area contributed by atoms with E-state index in [0.717, 1.165) is 11.4 Å². The average Bonchev–Trinajstić information content (AvgIpc) is 2.35. The normalized spacial score (nSPS) is 10.3. The molecule has 94 valence electrons. The summed E-state index contributed by atoms with van der Waals surface area (Å²) in [6, 6.07) is 5.41. The SMILES string of the molecule is CNc1ccnc(CSc2nc(N)cc(N)n2)c1. The van der Waals surface area contributed by atoms with E-state index in [2.05, 4.69) is 20.3 Å². The molecule has 0 bridgehead atoms. The lowest BCUT2D eigenvalue weighted by Crippen LogP contribution is -1.99. The second kappa shape index (κ2) is 5.54. The third kappa shape index (κ3) is 3.24. The number of thioether (sulfide) groups is 1. The highest BCUT2D eigenvalue weighted by molar-refractivity contribution is 7.98. The van der Waals surface area contributed by atoms with Crippen LogP contribution >= 0.6 is 11.8 Å². The summed E-state index contributed by atoms with van der Waals surface area (Å²) in [5.74, 6) is 1.42. The molecule has 2 aromatic heterocycles. The lowest BCUT2D eigenvalue weighted by molar-refractivity contribution is 0.982. The second-order valence-electron chi connectivity index (χ2n) is 3.57. The van der Waals surface area contributed by atoms with E-state index in [1.54, 1.807) is 6.20 Å². The van der Waals surface area contributed by atoms with E-state index in [1.807, 2.05) is 19.2 Å². The first-order chi connectivity index (χ1) is 8.67. The van der Waals surface area contributed by atoms with Gasteiger partial charge in [0.25, 0.3) is 0 Å². The molecule has 0 unspecified atom stereocenters. The largest absolute Gasteiger partial charge is 0.388 e. The van der Waals surface area contributed by atoms with Crippen molar-refractivity contribution in [3.05, 3.63) is 30.1 Å². The van der Waals surface area contributed by atoms with Crippen LogP contribution in [-0.2, 0) is 5.75 Å². The minimum Gasteiger partial charge on any atom is -0.388 e. The predicted molar refractivity (Wildman–Crippen MR) is 74.2 cm³/mol. The molecular formula is C11H14N6S. The van der Waals surface area contributed by atoms with Crippen LogP contribution in [0.4, 0.5) is 17.3 Å². The van der Waals surface area contributed by atoms with Crippen molar-refractivity contribution in [2.24, 2.45) is 0 Å². The summed E-state index contributed by atoms with van der Waals surface area (Å²) in [4.78, 5) is 12.5. The van der Waals surface area contributed by atoms with Gasteiger partial charge in [-0.25, -0.2) is 9.97 Å². The number of nitrogens with one attached hydrogen (secondary N) is 1. The van der Waals surface area contributed by atoms with E-state index in [-0.39, 0.29) is 0 Å². The molecule has 0 radical (unpaired) electrons. The highest BCUT2D eigenvalue weighted by atomic mass is 32.2. The molecule has 0 saturated carbocycles. The average molecular weight is 262 g/mol. The maximum atomic E-state index is 5.60. The monoisotopic (exact) mass is 262 g/mol. The van der Waals surface area contributed by atoms with Gasteiger partial charge >= 0.3 is 0 Å². The number of anilines is 3. The number of pyridine rings is 1. The number of nitrogens with two attached hydrogens (primary N) is 2. The molecule has 5 N–H and O–H groups in total. The molecule has 2 heterocycles. The van der Waals surface area contributed by atoms with Gasteiger partial charge in [0.2, 0.25) is 0 Å². The van der Waals surface area contributed by atoms with Crippen molar-refractivity contribution < 1.29 is 0 Å². The zero-order valence-electron chi connectivity index (χ0n) is 9.92. The second-order valence-corrected chi connectivity index (χ2v) is 4.52. The van der Waals surface area contributed by atoms with Crippen LogP contribution in [0.3, 0.4) is 0 Å². The van der Waals surface area contributed by atoms with Gasteiger partial charge in [-0.3, -0.25) is 4.98 Å². The summed E-state index contributed by atoms with van der Waals surface area (Å²) in [5.41, 5.74) is 13.2. The van der Waals surface area contributed by atoms with Crippen LogP contribution in [0.5, 0.6) is 0 Å². The molecule has 7 heteroatoms. The van der Waals surface area contributed by atoms with E-state index in [1.165, 1.54) is 17.8 Å². The summed E-state index contributed by atoms with van der Waals surface area (Å²) in [6.07, 6.45) is 1.76. The van der Waals surface area contributed by atoms with Crippen LogP contribution < -0.4 is 16.8 Å². The van der Waals surface area contributed by atoms with E-state index >= 15 is 0 Å².